The Kier molecular flexibility index (Phi) is 2.84. The molecule has 1 aliphatic rings. The van der Waals surface area contributed by atoms with Crippen LogP contribution >= 0.6 is 11.3 Å². The number of rotatable bonds is 1. The Bertz CT molecular complexity index is 310. The standard InChI is InChI=1S/C10H13NO2S/c1-8-6-11(3-4-13-8)10(12)9-2-5-14-7-9/h2,5,7-8H,3-4,6H2,1H3. The molecule has 0 N–H and O–H groups in total. The molecule has 2 heterocycles. The lowest BCUT2D eigenvalue weighted by molar-refractivity contribution is -0.0124. The van der Waals surface area contributed by atoms with Crippen molar-refractivity contribution in [2.24, 2.45) is 0 Å². The molecule has 76 valence electrons. The predicted octanol–water partition coefficient (Wildman–Crippen LogP) is 1.61. The van der Waals surface area contributed by atoms with Crippen LogP contribution in [0.4, 0.5) is 0 Å². The van der Waals surface area contributed by atoms with Crippen LogP contribution in [0, 0.1) is 0 Å². The summed E-state index contributed by atoms with van der Waals surface area (Å²) in [6.07, 6.45) is 0.159. The largest absolute Gasteiger partial charge is 0.375 e. The number of carbonyl (C=O) groups is 1. The van der Waals surface area contributed by atoms with Crippen molar-refractivity contribution in [2.45, 2.75) is 13.0 Å². The second-order valence-corrected chi connectivity index (χ2v) is 4.22. The van der Waals surface area contributed by atoms with Crippen LogP contribution in [0.15, 0.2) is 16.8 Å². The van der Waals surface area contributed by atoms with Crippen molar-refractivity contribution in [2.75, 3.05) is 19.7 Å². The fraction of sp³-hybridized carbons (Fsp3) is 0.500. The van der Waals surface area contributed by atoms with E-state index in [1.807, 2.05) is 28.7 Å². The van der Waals surface area contributed by atoms with Gasteiger partial charge in [-0.05, 0) is 18.4 Å². The van der Waals surface area contributed by atoms with E-state index in [9.17, 15) is 4.79 Å². The molecule has 1 aromatic heterocycles. The molecule has 0 bridgehead atoms. The average Bonchev–Trinajstić information content (AvgIpc) is 2.69. The molecule has 0 aromatic carbocycles. The maximum atomic E-state index is 11.9. The van der Waals surface area contributed by atoms with Crippen molar-refractivity contribution in [3.8, 4) is 0 Å². The van der Waals surface area contributed by atoms with Crippen molar-refractivity contribution in [1.82, 2.24) is 4.90 Å². The number of carbonyl (C=O) groups excluding carboxylic acids is 1. The minimum Gasteiger partial charge on any atom is -0.375 e. The first-order valence-electron chi connectivity index (χ1n) is 4.70. The van der Waals surface area contributed by atoms with Crippen molar-refractivity contribution < 1.29 is 9.53 Å². The molecule has 4 heteroatoms. The highest BCUT2D eigenvalue weighted by Crippen LogP contribution is 2.12. The Labute approximate surface area is 87.3 Å². The minimum atomic E-state index is 0.126. The Morgan fingerprint density at radius 3 is 3.21 bits per heavy atom. The molecule has 0 spiro atoms. The summed E-state index contributed by atoms with van der Waals surface area (Å²) in [5, 5.41) is 3.82. The van der Waals surface area contributed by atoms with Crippen LogP contribution in [0.2, 0.25) is 0 Å². The average molecular weight is 211 g/mol. The van der Waals surface area contributed by atoms with Gasteiger partial charge in [0.15, 0.2) is 0 Å². The van der Waals surface area contributed by atoms with Gasteiger partial charge < -0.3 is 9.64 Å². The van der Waals surface area contributed by atoms with Gasteiger partial charge in [0.25, 0.3) is 5.91 Å². The summed E-state index contributed by atoms with van der Waals surface area (Å²) in [6.45, 7) is 4.05. The van der Waals surface area contributed by atoms with Gasteiger partial charge in [-0.25, -0.2) is 0 Å². The minimum absolute atomic E-state index is 0.126. The topological polar surface area (TPSA) is 29.5 Å². The number of amides is 1. The molecule has 0 radical (unpaired) electrons. The predicted molar refractivity (Wildman–Crippen MR) is 55.6 cm³/mol. The third-order valence-corrected chi connectivity index (χ3v) is 2.98. The van der Waals surface area contributed by atoms with Crippen LogP contribution in [0.1, 0.15) is 17.3 Å². The van der Waals surface area contributed by atoms with Crippen molar-refractivity contribution >= 4 is 17.2 Å². The number of thiophene rings is 1. The van der Waals surface area contributed by atoms with E-state index in [1.54, 1.807) is 11.3 Å². The molecule has 1 aliphatic heterocycles. The third kappa shape index (κ3) is 1.96. The lowest BCUT2D eigenvalue weighted by Gasteiger charge is -2.30. The normalized spacial score (nSPS) is 22.4. The number of hydrogen-bond donors (Lipinski definition) is 0. The van der Waals surface area contributed by atoms with E-state index in [0.29, 0.717) is 19.7 Å². The van der Waals surface area contributed by atoms with Crippen LogP contribution in [0.3, 0.4) is 0 Å². The maximum absolute atomic E-state index is 11.9. The quantitative estimate of drug-likeness (QED) is 0.706. The molecule has 14 heavy (non-hydrogen) atoms. The van der Waals surface area contributed by atoms with E-state index in [1.165, 1.54) is 0 Å². The lowest BCUT2D eigenvalue weighted by Crippen LogP contribution is -2.44. The van der Waals surface area contributed by atoms with Gasteiger partial charge in [-0.2, -0.15) is 11.3 Å². The zero-order chi connectivity index (χ0) is 9.97. The molecular formula is C10H13NO2S. The van der Waals surface area contributed by atoms with Crippen LogP contribution < -0.4 is 0 Å². The molecule has 2 rings (SSSR count). The van der Waals surface area contributed by atoms with E-state index in [2.05, 4.69) is 0 Å². The highest BCUT2D eigenvalue weighted by molar-refractivity contribution is 7.08. The Morgan fingerprint density at radius 2 is 2.57 bits per heavy atom. The summed E-state index contributed by atoms with van der Waals surface area (Å²) in [6, 6.07) is 1.87. The van der Waals surface area contributed by atoms with E-state index in [4.69, 9.17) is 4.74 Å². The first-order chi connectivity index (χ1) is 6.77. The van der Waals surface area contributed by atoms with Crippen LogP contribution in [0.25, 0.3) is 0 Å². The summed E-state index contributed by atoms with van der Waals surface area (Å²) < 4.78 is 5.38. The van der Waals surface area contributed by atoms with Crippen LogP contribution in [-0.2, 0) is 4.74 Å². The monoisotopic (exact) mass is 211 g/mol. The van der Waals surface area contributed by atoms with Crippen molar-refractivity contribution in [1.29, 1.82) is 0 Å². The molecule has 0 saturated carbocycles. The van der Waals surface area contributed by atoms with Crippen molar-refractivity contribution in [3.05, 3.63) is 22.4 Å². The van der Waals surface area contributed by atoms with Crippen molar-refractivity contribution in [3.63, 3.8) is 0 Å². The highest BCUT2D eigenvalue weighted by Gasteiger charge is 2.22. The smallest absolute Gasteiger partial charge is 0.254 e. The zero-order valence-corrected chi connectivity index (χ0v) is 8.92. The van der Waals surface area contributed by atoms with Crippen LogP contribution in [0.5, 0.6) is 0 Å². The maximum Gasteiger partial charge on any atom is 0.254 e. The van der Waals surface area contributed by atoms with Gasteiger partial charge in [-0.1, -0.05) is 0 Å². The van der Waals surface area contributed by atoms with Gasteiger partial charge in [0.05, 0.1) is 18.3 Å². The fourth-order valence-corrected chi connectivity index (χ4v) is 2.20. The number of ether oxygens (including phenoxy) is 1. The fourth-order valence-electron chi connectivity index (χ4n) is 1.57. The number of nitrogens with zero attached hydrogens (tertiary/aromatic N) is 1. The summed E-state index contributed by atoms with van der Waals surface area (Å²) >= 11 is 1.55. The molecule has 0 aliphatic carbocycles. The third-order valence-electron chi connectivity index (χ3n) is 2.30. The Hall–Kier alpha value is -0.870. The summed E-state index contributed by atoms with van der Waals surface area (Å²) in [7, 11) is 0. The van der Waals surface area contributed by atoms with Gasteiger partial charge in [0, 0.05) is 18.5 Å². The first-order valence-corrected chi connectivity index (χ1v) is 5.65. The zero-order valence-electron chi connectivity index (χ0n) is 8.10. The summed E-state index contributed by atoms with van der Waals surface area (Å²) in [4.78, 5) is 13.7. The van der Waals surface area contributed by atoms with E-state index < -0.39 is 0 Å². The van der Waals surface area contributed by atoms with Gasteiger partial charge >= 0.3 is 0 Å². The van der Waals surface area contributed by atoms with Gasteiger partial charge in [0.2, 0.25) is 0 Å². The molecule has 1 fully saturated rings. The Balaban J connectivity index is 2.04. The summed E-state index contributed by atoms with van der Waals surface area (Å²) in [5.74, 6) is 0.126. The second kappa shape index (κ2) is 4.11. The molecule has 1 aromatic rings. The Morgan fingerprint density at radius 1 is 1.71 bits per heavy atom. The molecule has 1 atom stereocenters. The molecule has 1 amide bonds. The molecular weight excluding hydrogens is 198 g/mol. The van der Waals surface area contributed by atoms with Gasteiger partial charge in [-0.15, -0.1) is 0 Å². The molecule has 1 saturated heterocycles. The van der Waals surface area contributed by atoms with E-state index in [0.717, 1.165) is 5.56 Å². The lowest BCUT2D eigenvalue weighted by atomic mass is 10.2. The molecule has 3 nitrogen and oxygen atoms in total. The van der Waals surface area contributed by atoms with E-state index >= 15 is 0 Å². The van der Waals surface area contributed by atoms with Gasteiger partial charge in [-0.3, -0.25) is 4.79 Å². The highest BCUT2D eigenvalue weighted by atomic mass is 32.1. The number of hydrogen-bond acceptors (Lipinski definition) is 3. The first kappa shape index (κ1) is 9.68. The SMILES string of the molecule is CC1CN(C(=O)c2ccsc2)CCO1. The summed E-state index contributed by atoms with van der Waals surface area (Å²) in [5.41, 5.74) is 0.795. The van der Waals surface area contributed by atoms with Gasteiger partial charge in [0.1, 0.15) is 0 Å². The van der Waals surface area contributed by atoms with E-state index in [-0.39, 0.29) is 12.0 Å². The second-order valence-electron chi connectivity index (χ2n) is 3.44. The van der Waals surface area contributed by atoms with Crippen LogP contribution in [-0.4, -0.2) is 36.6 Å². The number of morpholine rings is 1. The molecule has 1 unspecified atom stereocenters.